The van der Waals surface area contributed by atoms with E-state index in [-0.39, 0.29) is 12.0 Å². The van der Waals surface area contributed by atoms with Gasteiger partial charge in [-0.25, -0.2) is 0 Å². The first-order chi connectivity index (χ1) is 16.6. The van der Waals surface area contributed by atoms with E-state index in [1.54, 1.807) is 5.57 Å². The first kappa shape index (κ1) is 24.9. The number of allylic oxidation sites excluding steroid dienone is 2. The van der Waals surface area contributed by atoms with E-state index in [4.69, 9.17) is 0 Å². The molecule has 3 nitrogen and oxygen atoms in total. The van der Waals surface area contributed by atoms with Crippen LogP contribution in [0, 0.1) is 24.7 Å². The van der Waals surface area contributed by atoms with Crippen molar-refractivity contribution in [3.8, 4) is 0 Å². The molecule has 0 saturated heterocycles. The molecular weight excluding hydrogens is 418 g/mol. The zero-order valence-corrected chi connectivity index (χ0v) is 20.6. The van der Waals surface area contributed by atoms with Crippen LogP contribution in [0.1, 0.15) is 55.2 Å². The largest absolute Gasteiger partial charge is 0.392 e. The third kappa shape index (κ3) is 7.15. The van der Waals surface area contributed by atoms with Gasteiger partial charge < -0.3 is 15.5 Å². The number of hydrogen-bond donors (Lipinski definition) is 3. The minimum atomic E-state index is -0.502. The minimum absolute atomic E-state index is 0.160. The standard InChI is InChI=1S/C31H41NO2/c1-23-9-8-13-25(17-23)19-28(33)14-15-29-30-20-26(18-27(30)21-31(29)34)12-6-3-7-16-32-22-24-10-4-2-5-11-24/h2,4-5,8-11,13-15,17-18,27-34H,3,6-7,12,16,19-22H2,1H3/b15-14+/t27-,28-,29+,30-,31+/m0/s1. The monoisotopic (exact) mass is 459 g/mol. The van der Waals surface area contributed by atoms with Crippen LogP contribution in [-0.2, 0) is 13.0 Å². The van der Waals surface area contributed by atoms with Gasteiger partial charge in [-0.05, 0) is 68.5 Å². The van der Waals surface area contributed by atoms with Gasteiger partial charge in [0, 0.05) is 18.9 Å². The van der Waals surface area contributed by atoms with Gasteiger partial charge in [-0.1, -0.05) is 90.4 Å². The van der Waals surface area contributed by atoms with Gasteiger partial charge in [0.2, 0.25) is 0 Å². The van der Waals surface area contributed by atoms with Gasteiger partial charge >= 0.3 is 0 Å². The number of rotatable bonds is 12. The van der Waals surface area contributed by atoms with E-state index < -0.39 is 6.10 Å². The molecule has 3 N–H and O–H groups in total. The van der Waals surface area contributed by atoms with Crippen LogP contribution in [0.2, 0.25) is 0 Å². The number of fused-ring (bicyclic) bond motifs is 1. The molecule has 2 aromatic carbocycles. The molecule has 5 atom stereocenters. The van der Waals surface area contributed by atoms with E-state index in [1.165, 1.54) is 36.8 Å². The Kier molecular flexibility index (Phi) is 9.15. The summed E-state index contributed by atoms with van der Waals surface area (Å²) in [5, 5.41) is 24.7. The number of aryl methyl sites for hydroxylation is 1. The third-order valence-electron chi connectivity index (χ3n) is 7.56. The molecule has 0 spiro atoms. The number of aliphatic hydroxyl groups is 2. The fourth-order valence-electron chi connectivity index (χ4n) is 5.80. The second kappa shape index (κ2) is 12.5. The first-order valence-electron chi connectivity index (χ1n) is 13.1. The van der Waals surface area contributed by atoms with E-state index in [2.05, 4.69) is 72.9 Å². The number of hydrogen-bond acceptors (Lipinski definition) is 3. The summed E-state index contributed by atoms with van der Waals surface area (Å²) >= 11 is 0. The average molecular weight is 460 g/mol. The topological polar surface area (TPSA) is 52.5 Å². The zero-order valence-electron chi connectivity index (χ0n) is 20.6. The summed E-state index contributed by atoms with van der Waals surface area (Å²) in [5.74, 6) is 1.16. The van der Waals surface area contributed by atoms with Crippen molar-refractivity contribution in [1.82, 2.24) is 5.32 Å². The molecule has 2 aliphatic carbocycles. The smallest absolute Gasteiger partial charge is 0.0761 e. The van der Waals surface area contributed by atoms with Gasteiger partial charge in [0.25, 0.3) is 0 Å². The molecule has 34 heavy (non-hydrogen) atoms. The predicted molar refractivity (Wildman–Crippen MR) is 140 cm³/mol. The van der Waals surface area contributed by atoms with Crippen molar-refractivity contribution in [2.24, 2.45) is 17.8 Å². The van der Waals surface area contributed by atoms with E-state index in [9.17, 15) is 10.2 Å². The molecule has 0 unspecified atom stereocenters. The van der Waals surface area contributed by atoms with Crippen LogP contribution in [0.5, 0.6) is 0 Å². The Bertz CT molecular complexity index is 951. The number of aliphatic hydroxyl groups excluding tert-OH is 2. The Morgan fingerprint density at radius 1 is 1.03 bits per heavy atom. The summed E-state index contributed by atoms with van der Waals surface area (Å²) in [4.78, 5) is 0. The number of unbranched alkanes of at least 4 members (excludes halogenated alkanes) is 2. The average Bonchev–Trinajstić information content (AvgIpc) is 3.34. The normalized spacial score (nSPS) is 25.0. The van der Waals surface area contributed by atoms with Crippen molar-refractivity contribution in [1.29, 1.82) is 0 Å². The van der Waals surface area contributed by atoms with Gasteiger partial charge in [0.1, 0.15) is 0 Å². The molecule has 4 rings (SSSR count). The van der Waals surface area contributed by atoms with E-state index in [0.29, 0.717) is 18.3 Å². The third-order valence-corrected chi connectivity index (χ3v) is 7.56. The molecule has 2 aliphatic rings. The van der Waals surface area contributed by atoms with Crippen LogP contribution in [0.4, 0.5) is 0 Å². The SMILES string of the molecule is Cc1cccc(C[C@@H](O)/C=C/[C@@H]2[C@H]3CC(CCCCCNCc4ccccc4)=C[C@H]3C[C@H]2O)c1. The molecule has 1 saturated carbocycles. The van der Waals surface area contributed by atoms with Crippen LogP contribution in [0.3, 0.4) is 0 Å². The van der Waals surface area contributed by atoms with Crippen LogP contribution in [-0.4, -0.2) is 29.0 Å². The lowest BCUT2D eigenvalue weighted by Crippen LogP contribution is -2.18. The van der Waals surface area contributed by atoms with E-state index >= 15 is 0 Å². The van der Waals surface area contributed by atoms with Gasteiger partial charge in [0.15, 0.2) is 0 Å². The molecule has 0 radical (unpaired) electrons. The molecule has 0 aliphatic heterocycles. The number of nitrogens with one attached hydrogen (secondary N) is 1. The second-order valence-electron chi connectivity index (χ2n) is 10.4. The quantitative estimate of drug-likeness (QED) is 0.280. The second-order valence-corrected chi connectivity index (χ2v) is 10.4. The van der Waals surface area contributed by atoms with Crippen molar-refractivity contribution < 1.29 is 10.2 Å². The first-order valence-corrected chi connectivity index (χ1v) is 13.1. The maximum absolute atomic E-state index is 10.6. The van der Waals surface area contributed by atoms with Crippen molar-refractivity contribution >= 4 is 0 Å². The lowest BCUT2D eigenvalue weighted by molar-refractivity contribution is 0.140. The molecular formula is C31H41NO2. The molecule has 2 aromatic rings. The molecule has 0 bridgehead atoms. The van der Waals surface area contributed by atoms with Gasteiger partial charge in [-0.2, -0.15) is 0 Å². The summed E-state index contributed by atoms with van der Waals surface area (Å²) in [6.07, 6.45) is 13.2. The highest BCUT2D eigenvalue weighted by Gasteiger charge is 2.43. The summed E-state index contributed by atoms with van der Waals surface area (Å²) in [6, 6.07) is 18.9. The Morgan fingerprint density at radius 2 is 1.85 bits per heavy atom. The van der Waals surface area contributed by atoms with Crippen LogP contribution >= 0.6 is 0 Å². The fourth-order valence-corrected chi connectivity index (χ4v) is 5.80. The maximum atomic E-state index is 10.6. The van der Waals surface area contributed by atoms with Crippen LogP contribution in [0.25, 0.3) is 0 Å². The van der Waals surface area contributed by atoms with Gasteiger partial charge in [-0.3, -0.25) is 0 Å². The number of benzene rings is 2. The molecule has 182 valence electrons. The van der Waals surface area contributed by atoms with Crippen molar-refractivity contribution in [3.63, 3.8) is 0 Å². The van der Waals surface area contributed by atoms with Crippen LogP contribution < -0.4 is 5.32 Å². The zero-order chi connectivity index (χ0) is 23.8. The lowest BCUT2D eigenvalue weighted by Gasteiger charge is -2.19. The molecule has 0 amide bonds. The van der Waals surface area contributed by atoms with Gasteiger partial charge in [-0.15, -0.1) is 0 Å². The van der Waals surface area contributed by atoms with Gasteiger partial charge in [0.05, 0.1) is 12.2 Å². The van der Waals surface area contributed by atoms with Crippen molar-refractivity contribution in [2.45, 2.75) is 70.6 Å². The molecule has 0 aromatic heterocycles. The Hall–Kier alpha value is -2.20. The highest BCUT2D eigenvalue weighted by Crippen LogP contribution is 2.48. The molecule has 0 heterocycles. The van der Waals surface area contributed by atoms with Crippen LogP contribution in [0.15, 0.2) is 78.4 Å². The predicted octanol–water partition coefficient (Wildman–Crippen LogP) is 5.75. The summed E-state index contributed by atoms with van der Waals surface area (Å²) in [7, 11) is 0. The van der Waals surface area contributed by atoms with Crippen molar-refractivity contribution in [3.05, 3.63) is 95.1 Å². The van der Waals surface area contributed by atoms with E-state index in [1.807, 2.05) is 12.1 Å². The lowest BCUT2D eigenvalue weighted by atomic mass is 9.88. The summed E-state index contributed by atoms with van der Waals surface area (Å²) in [6.45, 7) is 4.10. The molecule has 1 fully saturated rings. The Balaban J connectivity index is 1.15. The Labute approximate surface area is 205 Å². The fraction of sp³-hybridized carbons (Fsp3) is 0.484. The minimum Gasteiger partial charge on any atom is -0.392 e. The highest BCUT2D eigenvalue weighted by atomic mass is 16.3. The Morgan fingerprint density at radius 3 is 2.68 bits per heavy atom. The van der Waals surface area contributed by atoms with E-state index in [0.717, 1.165) is 31.5 Å². The highest BCUT2D eigenvalue weighted by molar-refractivity contribution is 5.24. The summed E-state index contributed by atoms with van der Waals surface area (Å²) < 4.78 is 0. The molecule has 3 heteroatoms. The maximum Gasteiger partial charge on any atom is 0.0761 e. The summed E-state index contributed by atoms with van der Waals surface area (Å²) in [5.41, 5.74) is 5.30. The van der Waals surface area contributed by atoms with Crippen molar-refractivity contribution in [2.75, 3.05) is 6.54 Å².